The third-order valence-electron chi connectivity index (χ3n) is 2.39. The molecule has 1 aromatic carbocycles. The van der Waals surface area contributed by atoms with Crippen molar-refractivity contribution in [3.05, 3.63) is 52.7 Å². The summed E-state index contributed by atoms with van der Waals surface area (Å²) in [6, 6.07) is 9.24. The number of hydrogen-bond acceptors (Lipinski definition) is 3. The lowest BCUT2D eigenvalue weighted by molar-refractivity contribution is 0.304. The molecule has 4 heteroatoms. The molecule has 2 N–H and O–H groups in total. The van der Waals surface area contributed by atoms with E-state index in [1.807, 2.05) is 25.1 Å². The molecule has 0 aliphatic carbocycles. The Bertz CT molecular complexity index is 529. The smallest absolute Gasteiger partial charge is 0.124 e. The minimum atomic E-state index is 0.452. The Morgan fingerprint density at radius 3 is 2.88 bits per heavy atom. The molecule has 0 fully saturated rings. The largest absolute Gasteiger partial charge is 0.489 e. The first kappa shape index (κ1) is 11.7. The highest BCUT2D eigenvalue weighted by Gasteiger charge is 2.01. The first-order valence-corrected chi connectivity index (χ1v) is 5.62. The molecule has 0 aliphatic heterocycles. The minimum Gasteiger partial charge on any atom is -0.489 e. The number of ether oxygens (including phenoxy) is 1. The SMILES string of the molecule is Cc1ccc(Cl)cc1OCc1ccnc(N)c1. The van der Waals surface area contributed by atoms with Gasteiger partial charge in [-0.05, 0) is 42.3 Å². The molecule has 0 spiro atoms. The van der Waals surface area contributed by atoms with Crippen LogP contribution in [0.4, 0.5) is 5.82 Å². The van der Waals surface area contributed by atoms with Gasteiger partial charge in [-0.25, -0.2) is 4.98 Å². The molecule has 88 valence electrons. The number of halogens is 1. The van der Waals surface area contributed by atoms with Crippen LogP contribution in [0.25, 0.3) is 0 Å². The molecule has 0 saturated heterocycles. The van der Waals surface area contributed by atoms with Crippen molar-refractivity contribution in [2.75, 3.05) is 5.73 Å². The number of hydrogen-bond donors (Lipinski definition) is 1. The second kappa shape index (κ2) is 5.06. The summed E-state index contributed by atoms with van der Waals surface area (Å²) in [6.07, 6.45) is 1.67. The van der Waals surface area contributed by atoms with E-state index in [-0.39, 0.29) is 0 Å². The molecule has 0 unspecified atom stereocenters. The van der Waals surface area contributed by atoms with Gasteiger partial charge in [-0.2, -0.15) is 0 Å². The summed E-state index contributed by atoms with van der Waals surface area (Å²) in [4.78, 5) is 3.93. The van der Waals surface area contributed by atoms with Gasteiger partial charge in [-0.15, -0.1) is 0 Å². The van der Waals surface area contributed by atoms with Crippen molar-refractivity contribution in [3.8, 4) is 5.75 Å². The Morgan fingerprint density at radius 1 is 1.29 bits per heavy atom. The van der Waals surface area contributed by atoms with Gasteiger partial charge < -0.3 is 10.5 Å². The first-order chi connectivity index (χ1) is 8.15. The van der Waals surface area contributed by atoms with E-state index < -0.39 is 0 Å². The van der Waals surface area contributed by atoms with Crippen LogP contribution in [0, 0.1) is 6.92 Å². The van der Waals surface area contributed by atoms with Crippen molar-refractivity contribution < 1.29 is 4.74 Å². The lowest BCUT2D eigenvalue weighted by Gasteiger charge is -2.09. The van der Waals surface area contributed by atoms with Crippen LogP contribution in [0.15, 0.2) is 36.5 Å². The molecular formula is C13H13ClN2O. The van der Waals surface area contributed by atoms with Crippen LogP contribution in [0.5, 0.6) is 5.75 Å². The first-order valence-electron chi connectivity index (χ1n) is 5.24. The summed E-state index contributed by atoms with van der Waals surface area (Å²) in [6.45, 7) is 2.43. The van der Waals surface area contributed by atoms with Crippen LogP contribution in [0.1, 0.15) is 11.1 Å². The molecule has 0 saturated carbocycles. The predicted octanol–water partition coefficient (Wildman–Crippen LogP) is 3.20. The molecule has 1 heterocycles. The molecular weight excluding hydrogens is 236 g/mol. The second-order valence-electron chi connectivity index (χ2n) is 3.79. The van der Waals surface area contributed by atoms with Crippen LogP contribution in [-0.4, -0.2) is 4.98 Å². The standard InChI is InChI=1S/C13H13ClN2O/c1-9-2-3-11(14)7-12(9)17-8-10-4-5-16-13(15)6-10/h2-7H,8H2,1H3,(H2,15,16). The molecule has 0 aliphatic rings. The van der Waals surface area contributed by atoms with Gasteiger partial charge in [0.25, 0.3) is 0 Å². The van der Waals surface area contributed by atoms with Crippen LogP contribution in [0.2, 0.25) is 5.02 Å². The number of nitrogen functional groups attached to an aromatic ring is 1. The topological polar surface area (TPSA) is 48.1 Å². The monoisotopic (exact) mass is 248 g/mol. The summed E-state index contributed by atoms with van der Waals surface area (Å²) in [5.41, 5.74) is 7.63. The highest BCUT2D eigenvalue weighted by Crippen LogP contribution is 2.23. The lowest BCUT2D eigenvalue weighted by atomic mass is 10.2. The quantitative estimate of drug-likeness (QED) is 0.907. The van der Waals surface area contributed by atoms with E-state index in [4.69, 9.17) is 22.1 Å². The zero-order valence-electron chi connectivity index (χ0n) is 9.48. The average Bonchev–Trinajstić information content (AvgIpc) is 2.30. The van der Waals surface area contributed by atoms with Gasteiger partial charge >= 0.3 is 0 Å². The van der Waals surface area contributed by atoms with E-state index in [1.165, 1.54) is 0 Å². The number of aromatic nitrogens is 1. The van der Waals surface area contributed by atoms with E-state index in [9.17, 15) is 0 Å². The van der Waals surface area contributed by atoms with E-state index in [0.29, 0.717) is 17.4 Å². The summed E-state index contributed by atoms with van der Waals surface area (Å²) in [5.74, 6) is 1.28. The fourth-order valence-electron chi connectivity index (χ4n) is 1.47. The second-order valence-corrected chi connectivity index (χ2v) is 4.22. The normalized spacial score (nSPS) is 10.2. The molecule has 17 heavy (non-hydrogen) atoms. The van der Waals surface area contributed by atoms with Gasteiger partial charge in [0.05, 0.1) is 0 Å². The van der Waals surface area contributed by atoms with Crippen LogP contribution >= 0.6 is 11.6 Å². The third kappa shape index (κ3) is 3.11. The highest BCUT2D eigenvalue weighted by atomic mass is 35.5. The summed E-state index contributed by atoms with van der Waals surface area (Å²) in [5, 5.41) is 0.667. The number of nitrogens with two attached hydrogens (primary N) is 1. The van der Waals surface area contributed by atoms with Crippen LogP contribution in [-0.2, 0) is 6.61 Å². The van der Waals surface area contributed by atoms with Crippen molar-refractivity contribution >= 4 is 17.4 Å². The molecule has 2 rings (SSSR count). The average molecular weight is 249 g/mol. The maximum absolute atomic E-state index is 5.91. The van der Waals surface area contributed by atoms with Crippen molar-refractivity contribution in [3.63, 3.8) is 0 Å². The van der Waals surface area contributed by atoms with E-state index in [0.717, 1.165) is 16.9 Å². The van der Waals surface area contributed by atoms with Gasteiger partial charge in [-0.1, -0.05) is 17.7 Å². The number of benzene rings is 1. The Morgan fingerprint density at radius 2 is 2.12 bits per heavy atom. The fraction of sp³-hybridized carbons (Fsp3) is 0.154. The Kier molecular flexibility index (Phi) is 3.49. The third-order valence-corrected chi connectivity index (χ3v) is 2.63. The molecule has 3 nitrogen and oxygen atoms in total. The zero-order valence-corrected chi connectivity index (χ0v) is 10.2. The van der Waals surface area contributed by atoms with Crippen molar-refractivity contribution in [2.45, 2.75) is 13.5 Å². The van der Waals surface area contributed by atoms with E-state index in [2.05, 4.69) is 4.98 Å². The van der Waals surface area contributed by atoms with Crippen molar-refractivity contribution in [1.82, 2.24) is 4.98 Å². The Labute approximate surface area is 105 Å². The summed E-state index contributed by atoms with van der Waals surface area (Å²) in [7, 11) is 0. The Balaban J connectivity index is 2.09. The van der Waals surface area contributed by atoms with Crippen LogP contribution < -0.4 is 10.5 Å². The van der Waals surface area contributed by atoms with Gasteiger partial charge in [0, 0.05) is 11.2 Å². The summed E-state index contributed by atoms with van der Waals surface area (Å²) < 4.78 is 5.69. The molecule has 0 atom stereocenters. The molecule has 0 bridgehead atoms. The van der Waals surface area contributed by atoms with E-state index >= 15 is 0 Å². The molecule has 2 aromatic rings. The Hall–Kier alpha value is -1.74. The fourth-order valence-corrected chi connectivity index (χ4v) is 1.64. The predicted molar refractivity (Wildman–Crippen MR) is 69.2 cm³/mol. The highest BCUT2D eigenvalue weighted by molar-refractivity contribution is 6.30. The lowest BCUT2D eigenvalue weighted by Crippen LogP contribution is -1.99. The van der Waals surface area contributed by atoms with Crippen molar-refractivity contribution in [2.24, 2.45) is 0 Å². The van der Waals surface area contributed by atoms with Crippen molar-refractivity contribution in [1.29, 1.82) is 0 Å². The zero-order chi connectivity index (χ0) is 12.3. The maximum atomic E-state index is 5.91. The number of pyridine rings is 1. The maximum Gasteiger partial charge on any atom is 0.124 e. The summed E-state index contributed by atoms with van der Waals surface area (Å²) >= 11 is 5.91. The minimum absolute atomic E-state index is 0.452. The molecule has 0 radical (unpaired) electrons. The van der Waals surface area contributed by atoms with Gasteiger partial charge in [0.2, 0.25) is 0 Å². The van der Waals surface area contributed by atoms with Gasteiger partial charge in [0.1, 0.15) is 18.2 Å². The number of anilines is 1. The van der Waals surface area contributed by atoms with E-state index in [1.54, 1.807) is 18.3 Å². The molecule has 0 amide bonds. The number of nitrogens with zero attached hydrogens (tertiary/aromatic N) is 1. The van der Waals surface area contributed by atoms with Crippen LogP contribution in [0.3, 0.4) is 0 Å². The number of rotatable bonds is 3. The number of aryl methyl sites for hydroxylation is 1. The molecule has 1 aromatic heterocycles. The van der Waals surface area contributed by atoms with Gasteiger partial charge in [-0.3, -0.25) is 0 Å². The van der Waals surface area contributed by atoms with Gasteiger partial charge in [0.15, 0.2) is 0 Å².